The molecule has 17 heavy (non-hydrogen) atoms. The summed E-state index contributed by atoms with van der Waals surface area (Å²) in [5.74, 6) is 0.0584. The van der Waals surface area contributed by atoms with Crippen molar-refractivity contribution < 1.29 is 9.21 Å². The van der Waals surface area contributed by atoms with Crippen LogP contribution in [-0.2, 0) is 6.42 Å². The predicted octanol–water partition coefficient (Wildman–Crippen LogP) is 3.10. The highest BCUT2D eigenvalue weighted by Gasteiger charge is 2.29. The van der Waals surface area contributed by atoms with Gasteiger partial charge in [-0.2, -0.15) is 0 Å². The molecule has 1 aliphatic rings. The fraction of sp³-hybridized carbons (Fsp3) is 0.308. The molecule has 1 atom stereocenters. The average molecular weight is 247 g/mol. The van der Waals surface area contributed by atoms with E-state index in [0.717, 1.165) is 13.0 Å². The van der Waals surface area contributed by atoms with Crippen LogP contribution in [0.15, 0.2) is 34.5 Å². The van der Waals surface area contributed by atoms with Gasteiger partial charge in [0.2, 0.25) is 0 Å². The summed E-state index contributed by atoms with van der Waals surface area (Å²) in [6.45, 7) is 2.88. The van der Waals surface area contributed by atoms with Gasteiger partial charge < -0.3 is 9.32 Å². The Labute approximate surface area is 104 Å². The Kier molecular flexibility index (Phi) is 2.52. The number of rotatable bonds is 1. The summed E-state index contributed by atoms with van der Waals surface area (Å²) < 4.78 is 4.97. The summed E-state index contributed by atoms with van der Waals surface area (Å²) in [4.78, 5) is 15.6. The summed E-state index contributed by atoms with van der Waals surface area (Å²) >= 11 is 1.78. The van der Waals surface area contributed by atoms with Crippen LogP contribution in [0, 0.1) is 0 Å². The van der Waals surface area contributed by atoms with Crippen molar-refractivity contribution in [3.63, 3.8) is 0 Å². The van der Waals surface area contributed by atoms with Gasteiger partial charge in [0.1, 0.15) is 6.26 Å². The summed E-state index contributed by atoms with van der Waals surface area (Å²) in [5, 5.41) is 2.10. The first-order chi connectivity index (χ1) is 8.27. The molecule has 1 amide bonds. The van der Waals surface area contributed by atoms with Gasteiger partial charge in [-0.3, -0.25) is 4.79 Å². The molecule has 0 fully saturated rings. The average Bonchev–Trinajstić information content (AvgIpc) is 3.00. The van der Waals surface area contributed by atoms with E-state index >= 15 is 0 Å². The number of hydrogen-bond donors (Lipinski definition) is 0. The van der Waals surface area contributed by atoms with Gasteiger partial charge in [0.15, 0.2) is 0 Å². The van der Waals surface area contributed by atoms with E-state index in [1.807, 2.05) is 4.90 Å². The predicted molar refractivity (Wildman–Crippen MR) is 66.2 cm³/mol. The number of fused-ring (bicyclic) bond motifs is 1. The molecule has 0 N–H and O–H groups in total. The topological polar surface area (TPSA) is 33.5 Å². The fourth-order valence-corrected chi connectivity index (χ4v) is 3.30. The van der Waals surface area contributed by atoms with Crippen molar-refractivity contribution in [3.05, 3.63) is 46.0 Å². The first-order valence-electron chi connectivity index (χ1n) is 5.67. The van der Waals surface area contributed by atoms with Crippen LogP contribution in [0.3, 0.4) is 0 Å². The van der Waals surface area contributed by atoms with E-state index in [-0.39, 0.29) is 11.9 Å². The molecule has 3 heterocycles. The van der Waals surface area contributed by atoms with Gasteiger partial charge in [-0.15, -0.1) is 11.3 Å². The maximum Gasteiger partial charge on any atom is 0.257 e. The quantitative estimate of drug-likeness (QED) is 0.776. The number of furan rings is 1. The molecule has 3 nitrogen and oxygen atoms in total. The third-order valence-corrected chi connectivity index (χ3v) is 4.30. The minimum absolute atomic E-state index is 0.0584. The molecule has 0 spiro atoms. The van der Waals surface area contributed by atoms with Crippen molar-refractivity contribution in [3.8, 4) is 0 Å². The summed E-state index contributed by atoms with van der Waals surface area (Å²) in [7, 11) is 0. The van der Waals surface area contributed by atoms with E-state index in [1.54, 1.807) is 17.4 Å². The second kappa shape index (κ2) is 4.04. The van der Waals surface area contributed by atoms with Crippen LogP contribution in [0.2, 0.25) is 0 Å². The van der Waals surface area contributed by atoms with Crippen LogP contribution in [0.5, 0.6) is 0 Å². The van der Waals surface area contributed by atoms with Crippen molar-refractivity contribution in [2.24, 2.45) is 0 Å². The van der Waals surface area contributed by atoms with Gasteiger partial charge in [0, 0.05) is 11.4 Å². The van der Waals surface area contributed by atoms with Gasteiger partial charge in [-0.05, 0) is 36.4 Å². The minimum atomic E-state index is 0.0584. The number of amides is 1. The highest BCUT2D eigenvalue weighted by molar-refractivity contribution is 7.10. The lowest BCUT2D eigenvalue weighted by Crippen LogP contribution is -2.38. The van der Waals surface area contributed by atoms with Crippen LogP contribution in [0.25, 0.3) is 0 Å². The van der Waals surface area contributed by atoms with E-state index in [4.69, 9.17) is 4.42 Å². The Bertz CT molecular complexity index is 529. The zero-order chi connectivity index (χ0) is 11.8. The second-order valence-electron chi connectivity index (χ2n) is 4.24. The third kappa shape index (κ3) is 1.69. The smallest absolute Gasteiger partial charge is 0.257 e. The van der Waals surface area contributed by atoms with Crippen molar-refractivity contribution in [1.82, 2.24) is 4.90 Å². The normalized spacial score (nSPS) is 19.1. The van der Waals surface area contributed by atoms with Gasteiger partial charge in [-0.1, -0.05) is 0 Å². The highest BCUT2D eigenvalue weighted by Crippen LogP contribution is 2.33. The van der Waals surface area contributed by atoms with Gasteiger partial charge in [-0.25, -0.2) is 0 Å². The van der Waals surface area contributed by atoms with Crippen molar-refractivity contribution in [1.29, 1.82) is 0 Å². The molecule has 0 unspecified atom stereocenters. The van der Waals surface area contributed by atoms with Crippen molar-refractivity contribution in [2.45, 2.75) is 19.4 Å². The molecule has 2 aromatic rings. The molecule has 3 rings (SSSR count). The van der Waals surface area contributed by atoms with E-state index < -0.39 is 0 Å². The second-order valence-corrected chi connectivity index (χ2v) is 5.24. The molecule has 0 saturated carbocycles. The minimum Gasteiger partial charge on any atom is -0.472 e. The van der Waals surface area contributed by atoms with E-state index in [9.17, 15) is 4.79 Å². The zero-order valence-electron chi connectivity index (χ0n) is 9.55. The van der Waals surface area contributed by atoms with Crippen LogP contribution in [0.1, 0.15) is 33.8 Å². The Balaban J connectivity index is 1.89. The maximum atomic E-state index is 12.3. The lowest BCUT2D eigenvalue weighted by molar-refractivity contribution is 0.0678. The lowest BCUT2D eigenvalue weighted by Gasteiger charge is -2.33. The Morgan fingerprint density at radius 1 is 1.53 bits per heavy atom. The Morgan fingerprint density at radius 3 is 3.18 bits per heavy atom. The number of carbonyl (C=O) groups excluding carboxylic acids is 1. The van der Waals surface area contributed by atoms with E-state index in [0.29, 0.717) is 5.56 Å². The first-order valence-corrected chi connectivity index (χ1v) is 6.55. The van der Waals surface area contributed by atoms with Crippen molar-refractivity contribution in [2.75, 3.05) is 6.54 Å². The number of thiophene rings is 1. The number of carbonyl (C=O) groups is 1. The molecule has 0 aliphatic carbocycles. The van der Waals surface area contributed by atoms with Crippen LogP contribution in [-0.4, -0.2) is 17.4 Å². The van der Waals surface area contributed by atoms with Crippen LogP contribution >= 0.6 is 11.3 Å². The summed E-state index contributed by atoms with van der Waals surface area (Å²) in [6.07, 6.45) is 4.01. The SMILES string of the molecule is C[C@H]1c2ccsc2CCN1C(=O)c1ccoc1. The van der Waals surface area contributed by atoms with Gasteiger partial charge >= 0.3 is 0 Å². The Morgan fingerprint density at radius 2 is 2.41 bits per heavy atom. The molecular weight excluding hydrogens is 234 g/mol. The molecule has 0 radical (unpaired) electrons. The van der Waals surface area contributed by atoms with Crippen molar-refractivity contribution >= 4 is 17.2 Å². The molecule has 88 valence electrons. The van der Waals surface area contributed by atoms with E-state index in [2.05, 4.69) is 18.4 Å². The first kappa shape index (κ1) is 10.6. The zero-order valence-corrected chi connectivity index (χ0v) is 10.4. The van der Waals surface area contributed by atoms with Gasteiger partial charge in [0.05, 0.1) is 17.9 Å². The molecule has 2 aromatic heterocycles. The van der Waals surface area contributed by atoms with Crippen LogP contribution < -0.4 is 0 Å². The number of hydrogen-bond acceptors (Lipinski definition) is 3. The Hall–Kier alpha value is -1.55. The number of nitrogens with zero attached hydrogens (tertiary/aromatic N) is 1. The molecule has 1 aliphatic heterocycles. The lowest BCUT2D eigenvalue weighted by atomic mass is 10.0. The molecule has 4 heteroatoms. The molecule has 0 aromatic carbocycles. The summed E-state index contributed by atoms with van der Waals surface area (Å²) in [6, 6.07) is 4.00. The monoisotopic (exact) mass is 247 g/mol. The third-order valence-electron chi connectivity index (χ3n) is 3.31. The summed E-state index contributed by atoms with van der Waals surface area (Å²) in [5.41, 5.74) is 1.92. The largest absolute Gasteiger partial charge is 0.472 e. The fourth-order valence-electron chi connectivity index (χ4n) is 2.34. The maximum absolute atomic E-state index is 12.3. The van der Waals surface area contributed by atoms with E-state index in [1.165, 1.54) is 23.0 Å². The van der Waals surface area contributed by atoms with Gasteiger partial charge in [0.25, 0.3) is 5.91 Å². The van der Waals surface area contributed by atoms with Crippen LogP contribution in [0.4, 0.5) is 0 Å². The molecular formula is C13H13NO2S. The molecule has 0 saturated heterocycles. The highest BCUT2D eigenvalue weighted by atomic mass is 32.1. The molecule has 0 bridgehead atoms. The standard InChI is InChI=1S/C13H13NO2S/c1-9-11-4-7-17-12(11)2-5-14(9)13(15)10-3-6-16-8-10/h3-4,6-9H,2,5H2,1H3/t9-/m0/s1.